The summed E-state index contributed by atoms with van der Waals surface area (Å²) >= 11 is 0. The first-order valence-corrected chi connectivity index (χ1v) is 10.0. The normalized spacial score (nSPS) is 26.6. The van der Waals surface area contributed by atoms with Crippen molar-refractivity contribution in [1.82, 2.24) is 19.4 Å². The third-order valence-electron chi connectivity index (χ3n) is 5.10. The lowest BCUT2D eigenvalue weighted by Crippen LogP contribution is -2.60. The van der Waals surface area contributed by atoms with E-state index < -0.39 is 9.84 Å². The largest absolute Gasteiger partial charge is 0.330 e. The van der Waals surface area contributed by atoms with Crippen molar-refractivity contribution in [2.45, 2.75) is 19.0 Å². The zero-order chi connectivity index (χ0) is 16.9. The van der Waals surface area contributed by atoms with Crippen molar-refractivity contribution >= 4 is 21.3 Å². The molecule has 0 unspecified atom stereocenters. The number of hydrogen-bond donors (Lipinski definition) is 0. The fraction of sp³-hybridized carbons (Fsp3) is 0.500. The molecule has 7 nitrogen and oxygen atoms in total. The summed E-state index contributed by atoms with van der Waals surface area (Å²) in [5.74, 6) is 0.0446. The lowest BCUT2D eigenvalue weighted by atomic mass is 10.0. The Morgan fingerprint density at radius 2 is 2.00 bits per heavy atom. The molecule has 2 fully saturated rings. The summed E-state index contributed by atoms with van der Waals surface area (Å²) in [6, 6.07) is 6.93. The molecule has 4 heterocycles. The molecule has 0 radical (unpaired) electrons. The van der Waals surface area contributed by atoms with Crippen molar-refractivity contribution in [1.29, 1.82) is 0 Å². The van der Waals surface area contributed by atoms with Gasteiger partial charge in [0.25, 0.3) is 5.91 Å². The van der Waals surface area contributed by atoms with E-state index in [-0.39, 0.29) is 29.5 Å². The van der Waals surface area contributed by atoms with E-state index in [9.17, 15) is 13.2 Å². The maximum Gasteiger partial charge on any atom is 0.272 e. The maximum absolute atomic E-state index is 13.1. The molecule has 2 aliphatic heterocycles. The number of carbonyl (C=O) groups is 1. The van der Waals surface area contributed by atoms with E-state index in [0.717, 1.165) is 12.1 Å². The Labute approximate surface area is 140 Å². The number of sulfone groups is 1. The molecule has 2 atom stereocenters. The van der Waals surface area contributed by atoms with Crippen LogP contribution in [0.15, 0.2) is 30.5 Å². The van der Waals surface area contributed by atoms with Crippen LogP contribution in [0.3, 0.4) is 0 Å². The van der Waals surface area contributed by atoms with Crippen LogP contribution in [0.5, 0.6) is 0 Å². The van der Waals surface area contributed by atoms with Crippen LogP contribution in [0.25, 0.3) is 5.52 Å². The van der Waals surface area contributed by atoms with Gasteiger partial charge >= 0.3 is 0 Å². The molecule has 4 rings (SSSR count). The molecule has 0 aliphatic carbocycles. The van der Waals surface area contributed by atoms with E-state index in [4.69, 9.17) is 0 Å². The van der Waals surface area contributed by atoms with Gasteiger partial charge in [0, 0.05) is 19.1 Å². The van der Waals surface area contributed by atoms with Crippen molar-refractivity contribution < 1.29 is 13.2 Å². The number of amides is 1. The number of carbonyl (C=O) groups excluding carboxylic acids is 1. The summed E-state index contributed by atoms with van der Waals surface area (Å²) < 4.78 is 25.9. The number of rotatable bonds is 2. The smallest absolute Gasteiger partial charge is 0.272 e. The van der Waals surface area contributed by atoms with Crippen molar-refractivity contribution in [2.75, 3.05) is 31.1 Å². The van der Waals surface area contributed by atoms with Gasteiger partial charge in [0.2, 0.25) is 0 Å². The molecule has 1 amide bonds. The Hall–Kier alpha value is -1.93. The van der Waals surface area contributed by atoms with Crippen molar-refractivity contribution in [3.05, 3.63) is 36.2 Å². The van der Waals surface area contributed by atoms with Crippen LogP contribution in [-0.4, -0.2) is 77.0 Å². The molecule has 128 valence electrons. The minimum atomic E-state index is -3.11. The highest BCUT2D eigenvalue weighted by Crippen LogP contribution is 2.28. The average Bonchev–Trinajstić information content (AvgIpc) is 3.15. The molecule has 2 aromatic rings. The SMILES string of the molecule is CCN1CCN(C(=O)c2cccc3ccnn23)[C@H]2CS(=O)(=O)C[C@H]21. The number of pyridine rings is 1. The highest BCUT2D eigenvalue weighted by atomic mass is 32.2. The van der Waals surface area contributed by atoms with Crippen LogP contribution in [0, 0.1) is 0 Å². The van der Waals surface area contributed by atoms with Crippen molar-refractivity contribution in [2.24, 2.45) is 0 Å². The lowest BCUT2D eigenvalue weighted by molar-refractivity contribution is 0.0342. The third-order valence-corrected chi connectivity index (χ3v) is 6.80. The molecule has 2 saturated heterocycles. The summed E-state index contributed by atoms with van der Waals surface area (Å²) in [5, 5.41) is 4.22. The second kappa shape index (κ2) is 5.56. The molecule has 24 heavy (non-hydrogen) atoms. The van der Waals surface area contributed by atoms with Gasteiger partial charge in [0.15, 0.2) is 9.84 Å². The second-order valence-electron chi connectivity index (χ2n) is 6.42. The Bertz CT molecular complexity index is 892. The van der Waals surface area contributed by atoms with E-state index in [2.05, 4.69) is 10.00 Å². The van der Waals surface area contributed by atoms with Crippen molar-refractivity contribution in [3.8, 4) is 0 Å². The summed E-state index contributed by atoms with van der Waals surface area (Å²) in [7, 11) is -3.11. The fourth-order valence-corrected chi connectivity index (χ4v) is 5.94. The predicted molar refractivity (Wildman–Crippen MR) is 89.7 cm³/mol. The summed E-state index contributed by atoms with van der Waals surface area (Å²) in [6.07, 6.45) is 1.66. The van der Waals surface area contributed by atoms with Gasteiger partial charge in [-0.3, -0.25) is 9.69 Å². The number of fused-ring (bicyclic) bond motifs is 2. The van der Waals surface area contributed by atoms with Crippen LogP contribution >= 0.6 is 0 Å². The number of piperazine rings is 1. The fourth-order valence-electron chi connectivity index (χ4n) is 3.93. The van der Waals surface area contributed by atoms with Crippen LogP contribution < -0.4 is 0 Å². The van der Waals surface area contributed by atoms with Gasteiger partial charge < -0.3 is 4.90 Å². The Kier molecular flexibility index (Phi) is 3.61. The molecule has 2 aromatic heterocycles. The topological polar surface area (TPSA) is 75.0 Å². The van der Waals surface area contributed by atoms with Crippen LogP contribution in [0.2, 0.25) is 0 Å². The van der Waals surface area contributed by atoms with E-state index in [1.54, 1.807) is 21.7 Å². The van der Waals surface area contributed by atoms with Crippen LogP contribution in [-0.2, 0) is 9.84 Å². The quantitative estimate of drug-likeness (QED) is 0.779. The minimum Gasteiger partial charge on any atom is -0.330 e. The molecular weight excluding hydrogens is 328 g/mol. The Balaban J connectivity index is 1.71. The standard InChI is InChI=1S/C16H20N4O3S/c1-2-18-8-9-19(15-11-24(22,23)10-14(15)18)16(21)13-5-3-4-12-6-7-17-20(12)13/h3-7,14-15H,2,8-11H2,1H3/t14-,15+/m1/s1. The summed E-state index contributed by atoms with van der Waals surface area (Å²) in [5.41, 5.74) is 1.33. The maximum atomic E-state index is 13.1. The molecule has 0 bridgehead atoms. The predicted octanol–water partition coefficient (Wildman–Crippen LogP) is 0.278. The highest BCUT2D eigenvalue weighted by molar-refractivity contribution is 7.91. The molecule has 8 heteroatoms. The first kappa shape index (κ1) is 15.6. The molecule has 0 N–H and O–H groups in total. The summed E-state index contributed by atoms with van der Waals surface area (Å²) in [6.45, 7) is 4.08. The molecule has 2 aliphatic rings. The van der Waals surface area contributed by atoms with Gasteiger partial charge in [0.1, 0.15) is 5.69 Å². The lowest BCUT2D eigenvalue weighted by Gasteiger charge is -2.43. The minimum absolute atomic E-state index is 0.0506. The monoisotopic (exact) mass is 348 g/mol. The Morgan fingerprint density at radius 3 is 2.79 bits per heavy atom. The van der Waals surface area contributed by atoms with E-state index in [1.807, 2.05) is 25.1 Å². The van der Waals surface area contributed by atoms with Crippen LogP contribution in [0.4, 0.5) is 0 Å². The van der Waals surface area contributed by atoms with Gasteiger partial charge in [-0.1, -0.05) is 13.0 Å². The number of nitrogens with zero attached hydrogens (tertiary/aromatic N) is 4. The number of hydrogen-bond acceptors (Lipinski definition) is 5. The van der Waals surface area contributed by atoms with Gasteiger partial charge in [-0.2, -0.15) is 5.10 Å². The van der Waals surface area contributed by atoms with Gasteiger partial charge in [0.05, 0.1) is 29.3 Å². The highest BCUT2D eigenvalue weighted by Gasteiger charge is 2.47. The zero-order valence-corrected chi connectivity index (χ0v) is 14.3. The summed E-state index contributed by atoms with van der Waals surface area (Å²) in [4.78, 5) is 17.0. The van der Waals surface area contributed by atoms with Gasteiger partial charge in [-0.25, -0.2) is 12.9 Å². The first-order valence-electron chi connectivity index (χ1n) is 8.18. The third kappa shape index (κ3) is 2.41. The van der Waals surface area contributed by atoms with Gasteiger partial charge in [-0.15, -0.1) is 0 Å². The molecule has 0 aromatic carbocycles. The zero-order valence-electron chi connectivity index (χ0n) is 13.5. The first-order chi connectivity index (χ1) is 11.5. The number of likely N-dealkylation sites (N-methyl/N-ethyl adjacent to an activating group) is 1. The average molecular weight is 348 g/mol. The van der Waals surface area contributed by atoms with Gasteiger partial charge in [-0.05, 0) is 24.7 Å². The molecule has 0 saturated carbocycles. The Morgan fingerprint density at radius 1 is 1.21 bits per heavy atom. The van der Waals surface area contributed by atoms with Crippen LogP contribution in [0.1, 0.15) is 17.4 Å². The molecular formula is C16H20N4O3S. The molecule has 0 spiro atoms. The second-order valence-corrected chi connectivity index (χ2v) is 8.57. The van der Waals surface area contributed by atoms with E-state index >= 15 is 0 Å². The van der Waals surface area contributed by atoms with E-state index in [1.165, 1.54) is 0 Å². The van der Waals surface area contributed by atoms with Crippen molar-refractivity contribution in [3.63, 3.8) is 0 Å². The van der Waals surface area contributed by atoms with E-state index in [0.29, 0.717) is 18.8 Å². The number of aromatic nitrogens is 2.